The normalized spacial score (nSPS) is 10.7. The fourth-order valence-corrected chi connectivity index (χ4v) is 3.35. The maximum Gasteiger partial charge on any atom is 0.427 e. The van der Waals surface area contributed by atoms with Crippen LogP contribution >= 0.6 is 47.8 Å². The summed E-state index contributed by atoms with van der Waals surface area (Å²) in [6.45, 7) is 1.97. The van der Waals surface area contributed by atoms with Crippen LogP contribution in [0.25, 0.3) is 0 Å². The summed E-state index contributed by atoms with van der Waals surface area (Å²) < 4.78 is 6.34. The van der Waals surface area contributed by atoms with Crippen LogP contribution in [0.4, 0.5) is 4.79 Å². The van der Waals surface area contributed by atoms with Gasteiger partial charge in [0.05, 0.1) is 21.8 Å². The molecule has 1 aromatic rings. The van der Waals surface area contributed by atoms with Crippen molar-refractivity contribution < 1.29 is 14.6 Å². The molecule has 5 nitrogen and oxygen atoms in total. The molecule has 1 amide bonds. The lowest BCUT2D eigenvalue weighted by atomic mass is 10.2. The molecular weight excluding hydrogens is 436 g/mol. The molecule has 0 spiro atoms. The SMILES string of the molecule is CCOC(=O)NN=Cc1c(Br)cc(Br)c(O)c1Br. The van der Waals surface area contributed by atoms with Crippen molar-refractivity contribution in [2.45, 2.75) is 6.92 Å². The number of aromatic hydroxyl groups is 1. The molecule has 1 rings (SSSR count). The van der Waals surface area contributed by atoms with E-state index < -0.39 is 6.09 Å². The molecule has 0 heterocycles. The minimum absolute atomic E-state index is 0.0517. The number of ether oxygens (including phenoxy) is 1. The maximum atomic E-state index is 11.0. The average molecular weight is 445 g/mol. The fourth-order valence-electron chi connectivity index (χ4n) is 1.03. The second kappa shape index (κ2) is 7.10. The number of amides is 1. The first-order valence-electron chi connectivity index (χ1n) is 4.79. The summed E-state index contributed by atoms with van der Waals surface area (Å²) in [6, 6.07) is 1.67. The van der Waals surface area contributed by atoms with Crippen molar-refractivity contribution in [3.8, 4) is 5.75 Å². The smallest absolute Gasteiger partial charge is 0.427 e. The van der Waals surface area contributed by atoms with Crippen molar-refractivity contribution in [2.75, 3.05) is 6.61 Å². The Balaban J connectivity index is 2.88. The van der Waals surface area contributed by atoms with Gasteiger partial charge in [-0.2, -0.15) is 5.10 Å². The zero-order valence-corrected chi connectivity index (χ0v) is 14.0. The standard InChI is InChI=1S/C10H9Br3N2O3/c1-2-18-10(17)15-14-4-5-6(11)3-7(12)9(16)8(5)13/h3-4,16H,2H2,1H3,(H,15,17). The average Bonchev–Trinajstić information content (AvgIpc) is 2.31. The molecule has 0 aliphatic rings. The third-order valence-electron chi connectivity index (χ3n) is 1.81. The van der Waals surface area contributed by atoms with E-state index in [1.54, 1.807) is 13.0 Å². The van der Waals surface area contributed by atoms with E-state index in [0.29, 0.717) is 19.0 Å². The van der Waals surface area contributed by atoms with Gasteiger partial charge in [-0.25, -0.2) is 10.2 Å². The van der Waals surface area contributed by atoms with Gasteiger partial charge in [-0.1, -0.05) is 15.9 Å². The van der Waals surface area contributed by atoms with Gasteiger partial charge in [-0.05, 0) is 44.8 Å². The van der Waals surface area contributed by atoms with Crippen LogP contribution in [0.1, 0.15) is 12.5 Å². The topological polar surface area (TPSA) is 70.9 Å². The van der Waals surface area contributed by atoms with E-state index in [1.165, 1.54) is 6.21 Å². The molecule has 0 fully saturated rings. The zero-order chi connectivity index (χ0) is 13.7. The highest BCUT2D eigenvalue weighted by molar-refractivity contribution is 9.11. The number of carbonyl (C=O) groups excluding carboxylic acids is 1. The minimum atomic E-state index is -0.637. The molecule has 0 saturated heterocycles. The molecule has 1 aromatic carbocycles. The monoisotopic (exact) mass is 442 g/mol. The molecule has 0 aliphatic heterocycles. The number of hydrazone groups is 1. The van der Waals surface area contributed by atoms with E-state index in [9.17, 15) is 9.90 Å². The number of carbonyl (C=O) groups is 1. The number of benzene rings is 1. The Hall–Kier alpha value is -0.600. The molecule has 0 atom stereocenters. The number of hydrogen-bond acceptors (Lipinski definition) is 4. The first-order valence-corrected chi connectivity index (χ1v) is 7.17. The second-order valence-electron chi connectivity index (χ2n) is 3.01. The number of halogens is 3. The van der Waals surface area contributed by atoms with E-state index in [0.717, 1.165) is 0 Å². The van der Waals surface area contributed by atoms with Crippen molar-refractivity contribution in [1.82, 2.24) is 5.43 Å². The molecule has 8 heteroatoms. The molecule has 0 aromatic heterocycles. The van der Waals surface area contributed by atoms with Crippen LogP contribution in [0.5, 0.6) is 5.75 Å². The highest BCUT2D eigenvalue weighted by Crippen LogP contribution is 2.38. The number of phenols is 1. The van der Waals surface area contributed by atoms with Crippen LogP contribution in [0.2, 0.25) is 0 Å². The molecule has 0 unspecified atom stereocenters. The second-order valence-corrected chi connectivity index (χ2v) is 5.51. The van der Waals surface area contributed by atoms with Gasteiger partial charge < -0.3 is 9.84 Å². The predicted molar refractivity (Wildman–Crippen MR) is 79.0 cm³/mol. The summed E-state index contributed by atoms with van der Waals surface area (Å²) >= 11 is 9.76. The Morgan fingerprint density at radius 2 is 2.17 bits per heavy atom. The van der Waals surface area contributed by atoms with Gasteiger partial charge >= 0.3 is 6.09 Å². The summed E-state index contributed by atoms with van der Waals surface area (Å²) in [5.74, 6) is 0.0517. The van der Waals surface area contributed by atoms with Crippen molar-refractivity contribution in [3.63, 3.8) is 0 Å². The van der Waals surface area contributed by atoms with Crippen LogP contribution in [0.15, 0.2) is 24.6 Å². The summed E-state index contributed by atoms with van der Waals surface area (Å²) in [7, 11) is 0. The van der Waals surface area contributed by atoms with Crippen LogP contribution in [-0.2, 0) is 4.74 Å². The zero-order valence-electron chi connectivity index (χ0n) is 9.21. The molecule has 2 N–H and O–H groups in total. The number of nitrogens with one attached hydrogen (secondary N) is 1. The molecule has 0 bridgehead atoms. The van der Waals surface area contributed by atoms with Crippen molar-refractivity contribution >= 4 is 60.1 Å². The Labute approximate surface area is 129 Å². The van der Waals surface area contributed by atoms with Gasteiger partial charge in [0.25, 0.3) is 0 Å². The molecule has 0 radical (unpaired) electrons. The lowest BCUT2D eigenvalue weighted by molar-refractivity contribution is 0.152. The number of phenolic OH excluding ortho intramolecular Hbond substituents is 1. The Kier molecular flexibility index (Phi) is 6.10. The summed E-state index contributed by atoms with van der Waals surface area (Å²) in [5, 5.41) is 13.4. The Morgan fingerprint density at radius 3 is 2.78 bits per heavy atom. The lowest BCUT2D eigenvalue weighted by Crippen LogP contribution is -2.18. The van der Waals surface area contributed by atoms with Gasteiger partial charge in [0, 0.05) is 10.0 Å². The van der Waals surface area contributed by atoms with Crippen LogP contribution in [0, 0.1) is 0 Å². The van der Waals surface area contributed by atoms with Gasteiger partial charge in [0.2, 0.25) is 0 Å². The minimum Gasteiger partial charge on any atom is -0.506 e. The number of nitrogens with zero attached hydrogens (tertiary/aromatic N) is 1. The van der Waals surface area contributed by atoms with Crippen molar-refractivity contribution in [1.29, 1.82) is 0 Å². The molecule has 0 saturated carbocycles. The van der Waals surface area contributed by atoms with E-state index in [-0.39, 0.29) is 12.4 Å². The van der Waals surface area contributed by atoms with Gasteiger partial charge in [0.1, 0.15) is 5.75 Å². The molecule has 18 heavy (non-hydrogen) atoms. The van der Waals surface area contributed by atoms with Crippen LogP contribution in [0.3, 0.4) is 0 Å². The summed E-state index contributed by atoms with van der Waals surface area (Å²) in [5.41, 5.74) is 2.78. The molecule has 98 valence electrons. The van der Waals surface area contributed by atoms with Crippen molar-refractivity contribution in [2.24, 2.45) is 5.10 Å². The fraction of sp³-hybridized carbons (Fsp3) is 0.200. The number of rotatable bonds is 3. The first kappa shape index (κ1) is 15.5. The van der Waals surface area contributed by atoms with E-state index >= 15 is 0 Å². The quantitative estimate of drug-likeness (QED) is 0.551. The third-order valence-corrected chi connectivity index (χ3v) is 3.87. The highest BCUT2D eigenvalue weighted by atomic mass is 79.9. The van der Waals surface area contributed by atoms with Gasteiger partial charge in [-0.15, -0.1) is 0 Å². The first-order chi connectivity index (χ1) is 8.47. The molecule has 0 aliphatic carbocycles. The van der Waals surface area contributed by atoms with E-state index in [2.05, 4.69) is 63.1 Å². The summed E-state index contributed by atoms with van der Waals surface area (Å²) in [6.07, 6.45) is 0.749. The largest absolute Gasteiger partial charge is 0.506 e. The number of hydrogen-bond donors (Lipinski definition) is 2. The lowest BCUT2D eigenvalue weighted by Gasteiger charge is -2.06. The van der Waals surface area contributed by atoms with Crippen LogP contribution < -0.4 is 5.43 Å². The van der Waals surface area contributed by atoms with E-state index in [1.807, 2.05) is 0 Å². The maximum absolute atomic E-state index is 11.0. The molecular formula is C10H9Br3N2O3. The van der Waals surface area contributed by atoms with E-state index in [4.69, 9.17) is 0 Å². The third kappa shape index (κ3) is 3.96. The Morgan fingerprint density at radius 1 is 1.50 bits per heavy atom. The van der Waals surface area contributed by atoms with Gasteiger partial charge in [0.15, 0.2) is 0 Å². The van der Waals surface area contributed by atoms with Gasteiger partial charge in [-0.3, -0.25) is 0 Å². The van der Waals surface area contributed by atoms with Crippen molar-refractivity contribution in [3.05, 3.63) is 25.0 Å². The summed E-state index contributed by atoms with van der Waals surface area (Å²) in [4.78, 5) is 11.0. The predicted octanol–water partition coefficient (Wildman–Crippen LogP) is 3.76. The Bertz CT molecular complexity index is 492. The highest BCUT2D eigenvalue weighted by Gasteiger charge is 2.11. The van der Waals surface area contributed by atoms with Crippen LogP contribution in [-0.4, -0.2) is 24.0 Å².